The highest BCUT2D eigenvalue weighted by Gasteiger charge is 2.34. The topological polar surface area (TPSA) is 105 Å². The van der Waals surface area contributed by atoms with Crippen LogP contribution in [-0.4, -0.2) is 52.4 Å². The summed E-state index contributed by atoms with van der Waals surface area (Å²) in [6.45, 7) is 3.97. The number of thiocarbonyl (C=S) groups is 1. The van der Waals surface area contributed by atoms with E-state index in [1.807, 2.05) is 11.8 Å². The number of aryl methyl sites for hydroxylation is 1. The predicted molar refractivity (Wildman–Crippen MR) is 135 cm³/mol. The summed E-state index contributed by atoms with van der Waals surface area (Å²) in [6.07, 6.45) is 1.51. The molecule has 2 aromatic carbocycles. The number of nitro benzene ring substituents is 1. The third-order valence-electron chi connectivity index (χ3n) is 5.22. The minimum absolute atomic E-state index is 0.0616. The zero-order chi connectivity index (χ0) is 24.4. The Bertz CT molecular complexity index is 1230. The van der Waals surface area contributed by atoms with E-state index in [1.54, 1.807) is 30.3 Å². The monoisotopic (exact) mass is 518 g/mol. The number of nitrogens with zero attached hydrogens (tertiary/aromatic N) is 3. The first-order chi connectivity index (χ1) is 16.2. The second-order valence-electron chi connectivity index (χ2n) is 7.55. The van der Waals surface area contributed by atoms with Crippen LogP contribution in [0.1, 0.15) is 21.5 Å². The lowest BCUT2D eigenvalue weighted by Crippen LogP contribution is -2.44. The van der Waals surface area contributed by atoms with Crippen LogP contribution in [-0.2, 0) is 9.53 Å². The Balaban J connectivity index is 1.55. The van der Waals surface area contributed by atoms with Gasteiger partial charge in [-0.05, 0) is 54.5 Å². The van der Waals surface area contributed by atoms with E-state index in [-0.39, 0.29) is 25.5 Å². The Morgan fingerprint density at radius 1 is 1.26 bits per heavy atom. The maximum absolute atomic E-state index is 12.9. The Morgan fingerprint density at radius 2 is 2.00 bits per heavy atom. The van der Waals surface area contributed by atoms with Crippen molar-refractivity contribution in [2.24, 2.45) is 0 Å². The Kier molecular flexibility index (Phi) is 7.17. The number of thioether (sulfide) groups is 1. The molecule has 0 saturated carbocycles. The largest absolute Gasteiger partial charge is 0.378 e. The molecule has 9 nitrogen and oxygen atoms in total. The molecule has 2 aliphatic heterocycles. The lowest BCUT2D eigenvalue weighted by Gasteiger charge is -2.28. The Morgan fingerprint density at radius 3 is 2.68 bits per heavy atom. The number of morpholine rings is 1. The standard InChI is InChI=1S/C22H19ClN4O5S2/c1-13-2-4-15(16(23)10-13)20(28)24-26-21(29)19(34-22(26)33)12-14-3-5-17(18(11-14)27(30)31)25-6-8-32-9-7-25/h2-5,10-12H,6-9H2,1H3,(H,24,28)/b19-12-. The van der Waals surface area contributed by atoms with Gasteiger partial charge in [-0.15, -0.1) is 0 Å². The molecule has 2 aromatic rings. The summed E-state index contributed by atoms with van der Waals surface area (Å²) >= 11 is 12.4. The van der Waals surface area contributed by atoms with Crippen molar-refractivity contribution in [1.29, 1.82) is 0 Å². The van der Waals surface area contributed by atoms with Crippen LogP contribution >= 0.6 is 35.6 Å². The van der Waals surface area contributed by atoms with Gasteiger partial charge in [0.15, 0.2) is 4.32 Å². The lowest BCUT2D eigenvalue weighted by atomic mass is 10.1. The summed E-state index contributed by atoms with van der Waals surface area (Å²) in [7, 11) is 0. The smallest absolute Gasteiger partial charge is 0.293 e. The second kappa shape index (κ2) is 10.1. The highest BCUT2D eigenvalue weighted by Crippen LogP contribution is 2.35. The van der Waals surface area contributed by atoms with Gasteiger partial charge in [0.2, 0.25) is 0 Å². The molecule has 0 atom stereocenters. The lowest BCUT2D eigenvalue weighted by molar-refractivity contribution is -0.384. The molecule has 34 heavy (non-hydrogen) atoms. The zero-order valence-electron chi connectivity index (χ0n) is 17.9. The fraction of sp³-hybridized carbons (Fsp3) is 0.227. The van der Waals surface area contributed by atoms with Gasteiger partial charge in [-0.1, -0.05) is 35.5 Å². The van der Waals surface area contributed by atoms with Crippen molar-refractivity contribution in [1.82, 2.24) is 10.4 Å². The van der Waals surface area contributed by atoms with Gasteiger partial charge in [0.05, 0.1) is 33.6 Å². The van der Waals surface area contributed by atoms with Gasteiger partial charge in [0.25, 0.3) is 17.5 Å². The van der Waals surface area contributed by atoms with Gasteiger partial charge < -0.3 is 9.64 Å². The van der Waals surface area contributed by atoms with Gasteiger partial charge >= 0.3 is 0 Å². The van der Waals surface area contributed by atoms with E-state index in [2.05, 4.69) is 5.43 Å². The van der Waals surface area contributed by atoms with Crippen molar-refractivity contribution < 1.29 is 19.2 Å². The normalized spacial score (nSPS) is 17.4. The first kappa shape index (κ1) is 24.1. The van der Waals surface area contributed by atoms with Crippen molar-refractivity contribution in [2.75, 3.05) is 31.2 Å². The number of halogens is 1. The number of ether oxygens (including phenoxy) is 1. The molecule has 1 N–H and O–H groups in total. The number of carbonyl (C=O) groups is 2. The molecule has 0 aliphatic carbocycles. The van der Waals surface area contributed by atoms with Crippen LogP contribution < -0.4 is 10.3 Å². The molecular weight excluding hydrogens is 500 g/mol. The number of hydrazine groups is 1. The molecule has 0 aromatic heterocycles. The quantitative estimate of drug-likeness (QED) is 0.275. The average molecular weight is 519 g/mol. The van der Waals surface area contributed by atoms with E-state index in [0.29, 0.717) is 37.6 Å². The van der Waals surface area contributed by atoms with Crippen LogP contribution in [0.3, 0.4) is 0 Å². The first-order valence-corrected chi connectivity index (χ1v) is 11.8. The summed E-state index contributed by atoms with van der Waals surface area (Å²) < 4.78 is 5.45. The van der Waals surface area contributed by atoms with E-state index < -0.39 is 16.7 Å². The maximum atomic E-state index is 12.9. The van der Waals surface area contributed by atoms with Crippen LogP contribution in [0.5, 0.6) is 0 Å². The zero-order valence-corrected chi connectivity index (χ0v) is 20.3. The summed E-state index contributed by atoms with van der Waals surface area (Å²) in [4.78, 5) is 38.9. The SMILES string of the molecule is Cc1ccc(C(=O)NN2C(=O)/C(=C/c3ccc(N4CCOCC4)c([N+](=O)[O-])c3)SC2=S)c(Cl)c1. The number of hydrogen-bond acceptors (Lipinski definition) is 8. The van der Waals surface area contributed by atoms with Crippen molar-refractivity contribution >= 4 is 69.2 Å². The first-order valence-electron chi connectivity index (χ1n) is 10.2. The number of nitro groups is 1. The van der Waals surface area contributed by atoms with E-state index >= 15 is 0 Å². The molecule has 176 valence electrons. The number of carbonyl (C=O) groups excluding carboxylic acids is 2. The minimum Gasteiger partial charge on any atom is -0.378 e. The van der Waals surface area contributed by atoms with E-state index in [0.717, 1.165) is 22.3 Å². The third-order valence-corrected chi connectivity index (χ3v) is 6.84. The van der Waals surface area contributed by atoms with Crippen molar-refractivity contribution in [3.8, 4) is 0 Å². The number of amides is 2. The molecule has 2 fully saturated rings. The van der Waals surface area contributed by atoms with Crippen molar-refractivity contribution in [2.45, 2.75) is 6.92 Å². The van der Waals surface area contributed by atoms with Crippen LogP contribution in [0.2, 0.25) is 5.02 Å². The summed E-state index contributed by atoms with van der Waals surface area (Å²) in [5, 5.41) is 12.9. The second-order valence-corrected chi connectivity index (χ2v) is 9.63. The fourth-order valence-corrected chi connectivity index (χ4v) is 5.03. The molecule has 0 radical (unpaired) electrons. The highest BCUT2D eigenvalue weighted by molar-refractivity contribution is 8.26. The van der Waals surface area contributed by atoms with Gasteiger partial charge in [0.1, 0.15) is 5.69 Å². The van der Waals surface area contributed by atoms with Crippen molar-refractivity contribution in [3.05, 3.63) is 73.1 Å². The predicted octanol–water partition coefficient (Wildman–Crippen LogP) is 3.94. The fourth-order valence-electron chi connectivity index (χ4n) is 3.53. The van der Waals surface area contributed by atoms with E-state index in [1.165, 1.54) is 12.1 Å². The molecule has 4 rings (SSSR count). The van der Waals surface area contributed by atoms with Crippen LogP contribution in [0.15, 0.2) is 41.3 Å². The van der Waals surface area contributed by atoms with Crippen molar-refractivity contribution in [3.63, 3.8) is 0 Å². The molecule has 2 heterocycles. The summed E-state index contributed by atoms with van der Waals surface area (Å²) in [5.41, 5.74) is 4.49. The molecule has 12 heteroatoms. The van der Waals surface area contributed by atoms with Gasteiger partial charge in [-0.2, -0.15) is 5.01 Å². The summed E-state index contributed by atoms with van der Waals surface area (Å²) in [6, 6.07) is 9.73. The number of anilines is 1. The number of nitrogens with one attached hydrogen (secondary N) is 1. The number of hydrogen-bond donors (Lipinski definition) is 1. The van der Waals surface area contributed by atoms with Crippen LogP contribution in [0, 0.1) is 17.0 Å². The third kappa shape index (κ3) is 5.07. The number of rotatable bonds is 5. The van der Waals surface area contributed by atoms with Crippen LogP contribution in [0.25, 0.3) is 6.08 Å². The molecule has 2 aliphatic rings. The van der Waals surface area contributed by atoms with E-state index in [4.69, 9.17) is 28.6 Å². The molecule has 0 spiro atoms. The number of benzene rings is 2. The minimum atomic E-state index is -0.576. The highest BCUT2D eigenvalue weighted by atomic mass is 35.5. The molecule has 2 saturated heterocycles. The summed E-state index contributed by atoms with van der Waals surface area (Å²) in [5.74, 6) is -1.11. The molecular formula is C22H19ClN4O5S2. The molecule has 0 bridgehead atoms. The molecule has 2 amide bonds. The van der Waals surface area contributed by atoms with Crippen LogP contribution in [0.4, 0.5) is 11.4 Å². The maximum Gasteiger partial charge on any atom is 0.293 e. The van der Waals surface area contributed by atoms with Gasteiger partial charge in [0, 0.05) is 19.2 Å². The Labute approximate surface area is 209 Å². The van der Waals surface area contributed by atoms with Gasteiger partial charge in [-0.25, -0.2) is 0 Å². The molecule has 0 unspecified atom stereocenters. The van der Waals surface area contributed by atoms with Gasteiger partial charge in [-0.3, -0.25) is 25.1 Å². The Hall–Kier alpha value is -2.99. The average Bonchev–Trinajstić information content (AvgIpc) is 3.06. The van der Waals surface area contributed by atoms with E-state index in [9.17, 15) is 19.7 Å².